The second-order valence-corrected chi connectivity index (χ2v) is 8.65. The molecule has 4 atom stereocenters. The Morgan fingerprint density at radius 3 is 2.09 bits per heavy atom. The Morgan fingerprint density at radius 1 is 1.03 bits per heavy atom. The topological polar surface area (TPSA) is 151 Å². The number of azide groups is 1. The van der Waals surface area contributed by atoms with Crippen molar-refractivity contribution in [3.05, 3.63) is 82.2 Å². The zero-order chi connectivity index (χ0) is 23.4. The molecular formula is C21H27N3O7S. The SMILES string of the molecule is CS(=O)(=O)O[C@H](CO)[C@@H](OCc1ccccc1)[C@H](O)[C@@H](COCc1ccccc1)N=[N+]=[N-]. The first kappa shape index (κ1) is 25.8. The molecule has 11 heteroatoms. The molecule has 32 heavy (non-hydrogen) atoms. The van der Waals surface area contributed by atoms with Crippen molar-refractivity contribution < 1.29 is 32.3 Å². The van der Waals surface area contributed by atoms with E-state index in [1.54, 1.807) is 24.3 Å². The molecule has 2 N–H and O–H groups in total. The Bertz CT molecular complexity index is 954. The average molecular weight is 466 g/mol. The van der Waals surface area contributed by atoms with E-state index in [4.69, 9.17) is 19.2 Å². The van der Waals surface area contributed by atoms with Crippen molar-refractivity contribution in [2.75, 3.05) is 19.5 Å². The van der Waals surface area contributed by atoms with Gasteiger partial charge in [-0.1, -0.05) is 65.8 Å². The maximum absolute atomic E-state index is 11.6. The van der Waals surface area contributed by atoms with Crippen LogP contribution in [-0.4, -0.2) is 62.5 Å². The van der Waals surface area contributed by atoms with Gasteiger partial charge >= 0.3 is 0 Å². The highest BCUT2D eigenvalue weighted by molar-refractivity contribution is 7.86. The molecule has 0 aliphatic carbocycles. The molecule has 0 saturated carbocycles. The van der Waals surface area contributed by atoms with E-state index in [-0.39, 0.29) is 19.8 Å². The molecule has 0 aromatic heterocycles. The molecule has 0 radical (unpaired) electrons. The van der Waals surface area contributed by atoms with Crippen molar-refractivity contribution in [3.63, 3.8) is 0 Å². The van der Waals surface area contributed by atoms with E-state index in [1.165, 1.54) is 0 Å². The van der Waals surface area contributed by atoms with Crippen LogP contribution in [0.1, 0.15) is 11.1 Å². The molecule has 2 aromatic rings. The molecule has 0 unspecified atom stereocenters. The van der Waals surface area contributed by atoms with E-state index in [0.29, 0.717) is 0 Å². The van der Waals surface area contributed by atoms with E-state index < -0.39 is 41.1 Å². The first-order chi connectivity index (χ1) is 15.3. The molecule has 0 saturated heterocycles. The fourth-order valence-electron chi connectivity index (χ4n) is 2.96. The monoisotopic (exact) mass is 465 g/mol. The Hall–Kier alpha value is -2.50. The number of rotatable bonds is 14. The summed E-state index contributed by atoms with van der Waals surface area (Å²) in [7, 11) is -3.97. The molecule has 0 spiro atoms. The van der Waals surface area contributed by atoms with Crippen LogP contribution >= 0.6 is 0 Å². The first-order valence-corrected chi connectivity index (χ1v) is 11.6. The summed E-state index contributed by atoms with van der Waals surface area (Å²) >= 11 is 0. The minimum absolute atomic E-state index is 0.0000485. The van der Waals surface area contributed by atoms with E-state index in [0.717, 1.165) is 17.4 Å². The molecule has 0 amide bonds. The summed E-state index contributed by atoms with van der Waals surface area (Å²) in [5.41, 5.74) is 10.6. The maximum Gasteiger partial charge on any atom is 0.264 e. The Balaban J connectivity index is 2.16. The largest absolute Gasteiger partial charge is 0.394 e. The normalized spacial score (nSPS) is 15.3. The lowest BCUT2D eigenvalue weighted by atomic mass is 10.0. The quantitative estimate of drug-likeness (QED) is 0.188. The van der Waals surface area contributed by atoms with Gasteiger partial charge in [0.2, 0.25) is 0 Å². The predicted molar refractivity (Wildman–Crippen MR) is 117 cm³/mol. The van der Waals surface area contributed by atoms with E-state index in [2.05, 4.69) is 10.0 Å². The molecule has 0 aliphatic heterocycles. The molecule has 0 aliphatic rings. The smallest absolute Gasteiger partial charge is 0.264 e. The van der Waals surface area contributed by atoms with Crippen molar-refractivity contribution >= 4 is 10.1 Å². The highest BCUT2D eigenvalue weighted by Gasteiger charge is 2.37. The van der Waals surface area contributed by atoms with Crippen LogP contribution in [0.5, 0.6) is 0 Å². The van der Waals surface area contributed by atoms with Gasteiger partial charge in [0.1, 0.15) is 12.2 Å². The first-order valence-electron chi connectivity index (χ1n) is 9.82. The summed E-state index contributed by atoms with van der Waals surface area (Å²) in [6.07, 6.45) is -3.45. The minimum Gasteiger partial charge on any atom is -0.394 e. The minimum atomic E-state index is -3.97. The number of hydrogen-bond acceptors (Lipinski definition) is 8. The Kier molecular flexibility index (Phi) is 10.6. The zero-order valence-electron chi connectivity index (χ0n) is 17.6. The molecule has 2 aromatic carbocycles. The fourth-order valence-corrected chi connectivity index (χ4v) is 3.58. The van der Waals surface area contributed by atoms with Gasteiger partial charge in [-0.2, -0.15) is 8.42 Å². The number of benzene rings is 2. The third-order valence-corrected chi connectivity index (χ3v) is 5.06. The third kappa shape index (κ3) is 8.93. The predicted octanol–water partition coefficient (Wildman–Crippen LogP) is 2.17. The van der Waals surface area contributed by atoms with Gasteiger partial charge in [-0.15, -0.1) is 0 Å². The standard InChI is InChI=1S/C21H27N3O7S/c1-32(27,28)31-19(12-25)21(30-14-17-10-6-3-7-11-17)20(26)18(23-24-22)15-29-13-16-8-4-2-5-9-16/h2-11,18-21,25-26H,12-15H2,1H3/t18-,19-,20-,21-/m1/s1. The third-order valence-electron chi connectivity index (χ3n) is 4.46. The summed E-state index contributed by atoms with van der Waals surface area (Å²) in [5, 5.41) is 24.2. The maximum atomic E-state index is 11.6. The van der Waals surface area contributed by atoms with Crippen LogP contribution in [0.4, 0.5) is 0 Å². The number of hydrogen-bond donors (Lipinski definition) is 2. The molecule has 10 nitrogen and oxygen atoms in total. The van der Waals surface area contributed by atoms with Gasteiger partial charge in [0.15, 0.2) is 0 Å². The fraction of sp³-hybridized carbons (Fsp3) is 0.429. The number of aliphatic hydroxyl groups excluding tert-OH is 2. The van der Waals surface area contributed by atoms with E-state index in [9.17, 15) is 18.6 Å². The molecular weight excluding hydrogens is 438 g/mol. The highest BCUT2D eigenvalue weighted by atomic mass is 32.2. The van der Waals surface area contributed by atoms with Crippen molar-refractivity contribution in [3.8, 4) is 0 Å². The number of nitrogens with zero attached hydrogens (tertiary/aromatic N) is 3. The molecule has 174 valence electrons. The van der Waals surface area contributed by atoms with E-state index in [1.807, 2.05) is 36.4 Å². The summed E-state index contributed by atoms with van der Waals surface area (Å²) in [6, 6.07) is 17.1. The second kappa shape index (κ2) is 13.1. The van der Waals surface area contributed by atoms with Gasteiger partial charge in [-0.3, -0.25) is 4.18 Å². The van der Waals surface area contributed by atoms with Gasteiger partial charge in [-0.05, 0) is 16.7 Å². The van der Waals surface area contributed by atoms with Crippen molar-refractivity contribution in [2.24, 2.45) is 5.11 Å². The van der Waals surface area contributed by atoms with Gasteiger partial charge in [0.25, 0.3) is 10.1 Å². The van der Waals surface area contributed by atoms with Crippen molar-refractivity contribution in [1.29, 1.82) is 0 Å². The lowest BCUT2D eigenvalue weighted by Gasteiger charge is -2.32. The van der Waals surface area contributed by atoms with Crippen LogP contribution < -0.4 is 0 Å². The summed E-state index contributed by atoms with van der Waals surface area (Å²) in [6.45, 7) is -0.705. The van der Waals surface area contributed by atoms with Gasteiger partial charge in [0, 0.05) is 4.91 Å². The van der Waals surface area contributed by atoms with Crippen LogP contribution in [0, 0.1) is 0 Å². The second-order valence-electron chi connectivity index (χ2n) is 7.05. The average Bonchev–Trinajstić information content (AvgIpc) is 2.78. The molecule has 2 rings (SSSR count). The van der Waals surface area contributed by atoms with Gasteiger partial charge < -0.3 is 19.7 Å². The summed E-state index contributed by atoms with van der Waals surface area (Å²) < 4.78 is 39.5. The molecule has 0 heterocycles. The van der Waals surface area contributed by atoms with Crippen molar-refractivity contribution in [1.82, 2.24) is 0 Å². The molecule has 0 fully saturated rings. The lowest BCUT2D eigenvalue weighted by Crippen LogP contribution is -2.49. The molecule has 0 bridgehead atoms. The van der Waals surface area contributed by atoms with Crippen LogP contribution in [0.15, 0.2) is 65.8 Å². The Morgan fingerprint density at radius 2 is 1.59 bits per heavy atom. The highest BCUT2D eigenvalue weighted by Crippen LogP contribution is 2.19. The number of ether oxygens (including phenoxy) is 2. The summed E-state index contributed by atoms with van der Waals surface area (Å²) in [4.78, 5) is 2.75. The van der Waals surface area contributed by atoms with Gasteiger partial charge in [0.05, 0.1) is 44.8 Å². The summed E-state index contributed by atoms with van der Waals surface area (Å²) in [5.74, 6) is 0. The lowest BCUT2D eigenvalue weighted by molar-refractivity contribution is -0.120. The van der Waals surface area contributed by atoms with Gasteiger partial charge in [-0.25, -0.2) is 0 Å². The van der Waals surface area contributed by atoms with Crippen molar-refractivity contribution in [2.45, 2.75) is 37.6 Å². The van der Waals surface area contributed by atoms with Crippen LogP contribution in [-0.2, 0) is 37.0 Å². The number of aliphatic hydroxyl groups is 2. The van der Waals surface area contributed by atoms with E-state index >= 15 is 0 Å². The zero-order valence-corrected chi connectivity index (χ0v) is 18.4. The van der Waals surface area contributed by atoms with Crippen LogP contribution in [0.25, 0.3) is 10.4 Å². The Labute approximate surface area is 187 Å². The van der Waals surface area contributed by atoms with Crippen LogP contribution in [0.3, 0.4) is 0 Å². The van der Waals surface area contributed by atoms with Crippen LogP contribution in [0.2, 0.25) is 0 Å².